The van der Waals surface area contributed by atoms with E-state index < -0.39 is 25.1 Å². The molecule has 2 aromatic carbocycles. The Kier molecular flexibility index (Phi) is 7.56. The number of rotatable bonds is 9. The van der Waals surface area contributed by atoms with Gasteiger partial charge in [-0.25, -0.2) is 21.6 Å². The first-order valence-electron chi connectivity index (χ1n) is 10.5. The second kappa shape index (κ2) is 10.0. The van der Waals surface area contributed by atoms with Crippen LogP contribution < -0.4 is 9.46 Å². The molecule has 176 valence electrons. The van der Waals surface area contributed by atoms with Crippen LogP contribution in [0, 0.1) is 13.8 Å². The third-order valence-electron chi connectivity index (χ3n) is 5.09. The Morgan fingerprint density at radius 2 is 1.64 bits per heavy atom. The molecule has 9 heteroatoms. The molecule has 1 N–H and O–H groups in total. The van der Waals surface area contributed by atoms with Crippen molar-refractivity contribution in [2.24, 2.45) is 0 Å². The van der Waals surface area contributed by atoms with Gasteiger partial charge in [0, 0.05) is 18.9 Å². The van der Waals surface area contributed by atoms with Crippen molar-refractivity contribution in [1.82, 2.24) is 9.71 Å². The van der Waals surface area contributed by atoms with E-state index in [2.05, 4.69) is 9.71 Å². The first kappa shape index (κ1) is 24.9. The van der Waals surface area contributed by atoms with Crippen molar-refractivity contribution in [3.63, 3.8) is 0 Å². The lowest BCUT2D eigenvalue weighted by molar-refractivity contribution is 0.240. The lowest BCUT2D eigenvalue weighted by Crippen LogP contribution is -2.32. The minimum absolute atomic E-state index is 0.0490. The number of nitrogens with zero attached hydrogens (tertiary/aromatic N) is 1. The Hall–Kier alpha value is -2.75. The lowest BCUT2D eigenvalue weighted by atomic mass is 10.1. The Morgan fingerprint density at radius 3 is 2.24 bits per heavy atom. The number of sulfone groups is 1. The van der Waals surface area contributed by atoms with Crippen molar-refractivity contribution in [3.05, 3.63) is 83.7 Å². The highest BCUT2D eigenvalue weighted by Gasteiger charge is 2.31. The molecule has 0 aliphatic heterocycles. The SMILES string of the molecule is Cc1cc(S(=O)(=O)NCC(c2cccnc2)S(=O)(=O)c2ccccc2)c(C)cc1OC(C)C. The molecule has 1 unspecified atom stereocenters. The van der Waals surface area contributed by atoms with Crippen molar-refractivity contribution < 1.29 is 21.6 Å². The number of aryl methyl sites for hydroxylation is 2. The third-order valence-corrected chi connectivity index (χ3v) is 8.77. The van der Waals surface area contributed by atoms with Crippen LogP contribution >= 0.6 is 0 Å². The molecule has 0 aliphatic carbocycles. The summed E-state index contributed by atoms with van der Waals surface area (Å²) in [5, 5.41) is -1.15. The van der Waals surface area contributed by atoms with Gasteiger partial charge in [0.1, 0.15) is 11.0 Å². The predicted octanol–water partition coefficient (Wildman–Crippen LogP) is 3.98. The van der Waals surface area contributed by atoms with E-state index in [1.807, 2.05) is 13.8 Å². The molecule has 0 amide bonds. The number of hydrogen-bond acceptors (Lipinski definition) is 6. The molecule has 0 radical (unpaired) electrons. The van der Waals surface area contributed by atoms with Crippen LogP contribution in [0.25, 0.3) is 0 Å². The molecule has 0 fully saturated rings. The largest absolute Gasteiger partial charge is 0.491 e. The average molecular weight is 489 g/mol. The van der Waals surface area contributed by atoms with Crippen molar-refractivity contribution in [2.75, 3.05) is 6.54 Å². The van der Waals surface area contributed by atoms with Gasteiger partial charge in [-0.2, -0.15) is 0 Å². The minimum Gasteiger partial charge on any atom is -0.491 e. The van der Waals surface area contributed by atoms with E-state index in [9.17, 15) is 16.8 Å². The fraction of sp³-hybridized carbons (Fsp3) is 0.292. The van der Waals surface area contributed by atoms with E-state index in [1.165, 1.54) is 24.5 Å². The quantitative estimate of drug-likeness (QED) is 0.489. The summed E-state index contributed by atoms with van der Waals surface area (Å²) in [5.74, 6) is 0.612. The van der Waals surface area contributed by atoms with Gasteiger partial charge in [-0.1, -0.05) is 24.3 Å². The van der Waals surface area contributed by atoms with E-state index in [1.54, 1.807) is 56.3 Å². The molecule has 0 bridgehead atoms. The van der Waals surface area contributed by atoms with Crippen LogP contribution in [0.15, 0.2) is 76.8 Å². The normalized spacial score (nSPS) is 13.1. The molecule has 1 aromatic heterocycles. The van der Waals surface area contributed by atoms with E-state index >= 15 is 0 Å². The van der Waals surface area contributed by atoms with E-state index in [4.69, 9.17) is 4.74 Å². The standard InChI is InChI=1S/C24H28N2O5S2/c1-17(2)31-22-13-19(4)23(14-18(22)3)33(29,30)26-16-24(20-9-8-12-25-15-20)32(27,28)21-10-6-5-7-11-21/h5-15,17,24,26H,16H2,1-4H3. The summed E-state index contributed by atoms with van der Waals surface area (Å²) in [6, 6.07) is 14.4. The maximum Gasteiger partial charge on any atom is 0.240 e. The zero-order valence-corrected chi connectivity index (χ0v) is 20.7. The van der Waals surface area contributed by atoms with E-state index in [0.717, 1.165) is 0 Å². The van der Waals surface area contributed by atoms with Crippen LogP contribution in [0.3, 0.4) is 0 Å². The first-order chi connectivity index (χ1) is 15.5. The van der Waals surface area contributed by atoms with Crippen molar-refractivity contribution in [3.8, 4) is 5.75 Å². The molecule has 1 heterocycles. The Balaban J connectivity index is 1.95. The van der Waals surface area contributed by atoms with Crippen LogP contribution in [0.5, 0.6) is 5.75 Å². The van der Waals surface area contributed by atoms with E-state index in [0.29, 0.717) is 22.4 Å². The molecule has 0 aliphatic rings. The topological polar surface area (TPSA) is 102 Å². The maximum atomic E-state index is 13.4. The predicted molar refractivity (Wildman–Crippen MR) is 127 cm³/mol. The number of aromatic nitrogens is 1. The van der Waals surface area contributed by atoms with Crippen LogP contribution in [0.1, 0.15) is 35.8 Å². The second-order valence-electron chi connectivity index (χ2n) is 8.03. The smallest absolute Gasteiger partial charge is 0.240 e. The van der Waals surface area contributed by atoms with Crippen LogP contribution in [0.2, 0.25) is 0 Å². The molecule has 3 aromatic rings. The lowest BCUT2D eigenvalue weighted by Gasteiger charge is -2.20. The molecule has 3 rings (SSSR count). The monoisotopic (exact) mass is 488 g/mol. The summed E-state index contributed by atoms with van der Waals surface area (Å²) in [4.78, 5) is 4.21. The zero-order valence-electron chi connectivity index (χ0n) is 19.0. The first-order valence-corrected chi connectivity index (χ1v) is 13.5. The number of hydrogen-bond donors (Lipinski definition) is 1. The van der Waals surface area contributed by atoms with Gasteiger partial charge in [0.05, 0.1) is 15.9 Å². The molecule has 1 atom stereocenters. The molecule has 0 saturated carbocycles. The highest BCUT2D eigenvalue weighted by atomic mass is 32.2. The van der Waals surface area contributed by atoms with Gasteiger partial charge in [0.2, 0.25) is 10.0 Å². The molecule has 7 nitrogen and oxygen atoms in total. The molecule has 33 heavy (non-hydrogen) atoms. The molecule has 0 saturated heterocycles. The third kappa shape index (κ3) is 5.79. The summed E-state index contributed by atoms with van der Waals surface area (Å²) in [5.41, 5.74) is 1.58. The highest BCUT2D eigenvalue weighted by molar-refractivity contribution is 7.92. The number of ether oxygens (including phenoxy) is 1. The second-order valence-corrected chi connectivity index (χ2v) is 11.9. The van der Waals surface area contributed by atoms with Gasteiger partial charge in [0.25, 0.3) is 0 Å². The number of pyridine rings is 1. The van der Waals surface area contributed by atoms with Gasteiger partial charge in [-0.3, -0.25) is 4.98 Å². The van der Waals surface area contributed by atoms with Crippen LogP contribution in [-0.2, 0) is 19.9 Å². The Labute approximate surface area is 195 Å². The molecular formula is C24H28N2O5S2. The van der Waals surface area contributed by atoms with Gasteiger partial charge in [-0.15, -0.1) is 0 Å². The fourth-order valence-electron chi connectivity index (χ4n) is 3.44. The number of benzene rings is 2. The fourth-order valence-corrected chi connectivity index (χ4v) is 6.57. The Morgan fingerprint density at radius 1 is 0.939 bits per heavy atom. The van der Waals surface area contributed by atoms with Crippen molar-refractivity contribution in [1.29, 1.82) is 0 Å². The number of nitrogens with one attached hydrogen (secondary N) is 1. The van der Waals surface area contributed by atoms with Crippen LogP contribution in [0.4, 0.5) is 0 Å². The van der Waals surface area contributed by atoms with Crippen molar-refractivity contribution >= 4 is 19.9 Å². The van der Waals surface area contributed by atoms with E-state index in [-0.39, 0.29) is 22.4 Å². The van der Waals surface area contributed by atoms with Gasteiger partial charge < -0.3 is 4.74 Å². The average Bonchev–Trinajstić information content (AvgIpc) is 2.77. The summed E-state index contributed by atoms with van der Waals surface area (Å²) in [7, 11) is -7.88. The molecule has 0 spiro atoms. The summed E-state index contributed by atoms with van der Waals surface area (Å²) < 4.78 is 61.3. The van der Waals surface area contributed by atoms with Crippen LogP contribution in [-0.4, -0.2) is 34.5 Å². The molecular weight excluding hydrogens is 460 g/mol. The maximum absolute atomic E-state index is 13.4. The number of sulfonamides is 1. The Bertz CT molecular complexity index is 1310. The summed E-state index contributed by atoms with van der Waals surface area (Å²) in [6.45, 7) is 6.91. The van der Waals surface area contributed by atoms with Gasteiger partial charge >= 0.3 is 0 Å². The van der Waals surface area contributed by atoms with Gasteiger partial charge in [-0.05, 0) is 74.7 Å². The van der Waals surface area contributed by atoms with Gasteiger partial charge in [0.15, 0.2) is 9.84 Å². The van der Waals surface area contributed by atoms with Crippen molar-refractivity contribution in [2.45, 2.75) is 48.8 Å². The summed E-state index contributed by atoms with van der Waals surface area (Å²) >= 11 is 0. The summed E-state index contributed by atoms with van der Waals surface area (Å²) in [6.07, 6.45) is 2.92. The minimum atomic E-state index is -3.99. The zero-order chi connectivity index (χ0) is 24.2. The highest BCUT2D eigenvalue weighted by Crippen LogP contribution is 2.30.